The van der Waals surface area contributed by atoms with Crippen LogP contribution in [0.2, 0.25) is 0 Å². The molecule has 112 valence electrons. The minimum Gasteiger partial charge on any atom is -0.312 e. The lowest BCUT2D eigenvalue weighted by molar-refractivity contribution is 0.0862. The second-order valence-corrected chi connectivity index (χ2v) is 5.67. The zero-order valence-corrected chi connectivity index (χ0v) is 12.8. The van der Waals surface area contributed by atoms with Crippen molar-refractivity contribution in [3.63, 3.8) is 0 Å². The molecule has 0 saturated carbocycles. The number of benzene rings is 1. The van der Waals surface area contributed by atoms with E-state index in [1.165, 1.54) is 0 Å². The van der Waals surface area contributed by atoms with Crippen LogP contribution in [-0.2, 0) is 0 Å². The monoisotopic (exact) mass is 279 g/mol. The molecule has 0 radical (unpaired) electrons. The van der Waals surface area contributed by atoms with Crippen LogP contribution in [0.15, 0.2) is 24.3 Å². The van der Waals surface area contributed by atoms with Crippen molar-refractivity contribution in [2.75, 3.05) is 40.3 Å². The SMILES string of the molecule is CCC1CN(CC(NC)c2ccccc2F)CCN1C. The Morgan fingerprint density at radius 3 is 2.75 bits per heavy atom. The Balaban J connectivity index is 2.02. The first-order chi connectivity index (χ1) is 9.65. The van der Waals surface area contributed by atoms with E-state index in [1.807, 2.05) is 19.2 Å². The van der Waals surface area contributed by atoms with E-state index < -0.39 is 0 Å². The Labute approximate surface area is 121 Å². The van der Waals surface area contributed by atoms with E-state index in [1.54, 1.807) is 12.1 Å². The molecule has 1 heterocycles. The Morgan fingerprint density at radius 2 is 2.10 bits per heavy atom. The lowest BCUT2D eigenvalue weighted by Crippen LogP contribution is -2.52. The largest absolute Gasteiger partial charge is 0.312 e. The van der Waals surface area contributed by atoms with Gasteiger partial charge in [-0.15, -0.1) is 0 Å². The predicted molar refractivity (Wildman–Crippen MR) is 81.3 cm³/mol. The quantitative estimate of drug-likeness (QED) is 0.890. The van der Waals surface area contributed by atoms with Crippen LogP contribution in [-0.4, -0.2) is 56.1 Å². The summed E-state index contributed by atoms with van der Waals surface area (Å²) >= 11 is 0. The molecule has 1 aromatic carbocycles. The van der Waals surface area contributed by atoms with E-state index in [2.05, 4.69) is 29.1 Å². The Kier molecular flexibility index (Phi) is 5.52. The van der Waals surface area contributed by atoms with Gasteiger partial charge in [0.25, 0.3) is 0 Å². The highest BCUT2D eigenvalue weighted by molar-refractivity contribution is 5.21. The van der Waals surface area contributed by atoms with E-state index in [9.17, 15) is 4.39 Å². The Morgan fingerprint density at radius 1 is 1.35 bits per heavy atom. The first-order valence-electron chi connectivity index (χ1n) is 7.50. The standard InChI is InChI=1S/C16H26FN3/c1-4-13-11-20(10-9-19(13)3)12-16(18-2)14-7-5-6-8-15(14)17/h5-8,13,16,18H,4,9-12H2,1-3H3. The van der Waals surface area contributed by atoms with E-state index in [-0.39, 0.29) is 11.9 Å². The first-order valence-corrected chi connectivity index (χ1v) is 7.50. The van der Waals surface area contributed by atoms with Crippen LogP contribution in [0.3, 0.4) is 0 Å². The van der Waals surface area contributed by atoms with Crippen LogP contribution >= 0.6 is 0 Å². The highest BCUT2D eigenvalue weighted by Gasteiger charge is 2.25. The molecule has 0 spiro atoms. The maximum absolute atomic E-state index is 13.9. The highest BCUT2D eigenvalue weighted by atomic mass is 19.1. The molecule has 0 aromatic heterocycles. The third-order valence-corrected chi connectivity index (χ3v) is 4.40. The molecule has 1 N–H and O–H groups in total. The molecule has 20 heavy (non-hydrogen) atoms. The molecule has 1 fully saturated rings. The summed E-state index contributed by atoms with van der Waals surface area (Å²) in [6, 6.07) is 7.73. The molecule has 1 aliphatic rings. The predicted octanol–water partition coefficient (Wildman–Crippen LogP) is 2.11. The fourth-order valence-corrected chi connectivity index (χ4v) is 2.98. The second kappa shape index (κ2) is 7.16. The third kappa shape index (κ3) is 3.57. The average molecular weight is 279 g/mol. The first kappa shape index (κ1) is 15.4. The van der Waals surface area contributed by atoms with Gasteiger partial charge in [-0.05, 0) is 26.6 Å². The number of halogens is 1. The Hall–Kier alpha value is -0.970. The normalized spacial score (nSPS) is 22.9. The highest BCUT2D eigenvalue weighted by Crippen LogP contribution is 2.19. The van der Waals surface area contributed by atoms with Crippen molar-refractivity contribution in [2.45, 2.75) is 25.4 Å². The lowest BCUT2D eigenvalue weighted by atomic mass is 10.0. The van der Waals surface area contributed by atoms with Crippen LogP contribution < -0.4 is 5.32 Å². The number of hydrogen-bond acceptors (Lipinski definition) is 3. The number of likely N-dealkylation sites (N-methyl/N-ethyl adjacent to an activating group) is 2. The van der Waals surface area contributed by atoms with E-state index in [4.69, 9.17) is 0 Å². The van der Waals surface area contributed by atoms with Crippen molar-refractivity contribution >= 4 is 0 Å². The molecular weight excluding hydrogens is 253 g/mol. The molecule has 4 heteroatoms. The molecule has 1 aromatic rings. The van der Waals surface area contributed by atoms with Crippen molar-refractivity contribution in [1.82, 2.24) is 15.1 Å². The van der Waals surface area contributed by atoms with Crippen LogP contribution in [0.25, 0.3) is 0 Å². The number of nitrogens with one attached hydrogen (secondary N) is 1. The second-order valence-electron chi connectivity index (χ2n) is 5.67. The zero-order valence-electron chi connectivity index (χ0n) is 12.8. The molecule has 2 atom stereocenters. The maximum Gasteiger partial charge on any atom is 0.128 e. The molecule has 0 aliphatic carbocycles. The molecule has 3 nitrogen and oxygen atoms in total. The van der Waals surface area contributed by atoms with Gasteiger partial charge in [-0.25, -0.2) is 4.39 Å². The molecule has 2 unspecified atom stereocenters. The van der Waals surface area contributed by atoms with E-state index in [0.717, 1.165) is 38.2 Å². The van der Waals surface area contributed by atoms with Gasteiger partial charge in [-0.1, -0.05) is 25.1 Å². The summed E-state index contributed by atoms with van der Waals surface area (Å²) in [5, 5.41) is 3.26. The average Bonchev–Trinajstić information content (AvgIpc) is 2.47. The lowest BCUT2D eigenvalue weighted by Gasteiger charge is -2.40. The number of rotatable bonds is 5. The summed E-state index contributed by atoms with van der Waals surface area (Å²) < 4.78 is 13.9. The van der Waals surface area contributed by atoms with Crippen molar-refractivity contribution in [2.24, 2.45) is 0 Å². The van der Waals surface area contributed by atoms with Gasteiger partial charge in [0, 0.05) is 43.8 Å². The number of nitrogens with zero attached hydrogens (tertiary/aromatic N) is 2. The topological polar surface area (TPSA) is 18.5 Å². The van der Waals surface area contributed by atoms with Gasteiger partial charge in [0.2, 0.25) is 0 Å². The summed E-state index contributed by atoms with van der Waals surface area (Å²) in [5.41, 5.74) is 0.766. The number of piperazine rings is 1. The smallest absolute Gasteiger partial charge is 0.128 e. The molecule has 1 saturated heterocycles. The van der Waals surface area contributed by atoms with Gasteiger partial charge in [-0.2, -0.15) is 0 Å². The van der Waals surface area contributed by atoms with Crippen molar-refractivity contribution < 1.29 is 4.39 Å². The van der Waals surface area contributed by atoms with Crippen molar-refractivity contribution in [1.29, 1.82) is 0 Å². The summed E-state index contributed by atoms with van der Waals surface area (Å²) in [4.78, 5) is 4.87. The van der Waals surface area contributed by atoms with Gasteiger partial charge < -0.3 is 10.2 Å². The molecule has 2 rings (SSSR count). The molecule has 1 aliphatic heterocycles. The molecular formula is C16H26FN3. The maximum atomic E-state index is 13.9. The van der Waals surface area contributed by atoms with Crippen LogP contribution in [0, 0.1) is 5.82 Å². The van der Waals surface area contributed by atoms with E-state index >= 15 is 0 Å². The summed E-state index contributed by atoms with van der Waals surface area (Å²) in [6.45, 7) is 6.31. The molecule has 0 bridgehead atoms. The van der Waals surface area contributed by atoms with Crippen LogP contribution in [0.4, 0.5) is 4.39 Å². The minimum atomic E-state index is -0.118. The van der Waals surface area contributed by atoms with E-state index in [0.29, 0.717) is 6.04 Å². The van der Waals surface area contributed by atoms with Gasteiger partial charge >= 0.3 is 0 Å². The van der Waals surface area contributed by atoms with Crippen molar-refractivity contribution in [3.05, 3.63) is 35.6 Å². The van der Waals surface area contributed by atoms with Gasteiger partial charge in [-0.3, -0.25) is 4.90 Å². The fourth-order valence-electron chi connectivity index (χ4n) is 2.98. The van der Waals surface area contributed by atoms with Crippen LogP contribution in [0.5, 0.6) is 0 Å². The third-order valence-electron chi connectivity index (χ3n) is 4.40. The fraction of sp³-hybridized carbons (Fsp3) is 0.625. The van der Waals surface area contributed by atoms with Gasteiger partial charge in [0.15, 0.2) is 0 Å². The summed E-state index contributed by atoms with van der Waals surface area (Å²) in [7, 11) is 4.10. The Bertz CT molecular complexity index is 424. The van der Waals surface area contributed by atoms with Crippen LogP contribution in [0.1, 0.15) is 24.9 Å². The zero-order chi connectivity index (χ0) is 14.5. The van der Waals surface area contributed by atoms with Crippen molar-refractivity contribution in [3.8, 4) is 0 Å². The number of hydrogen-bond donors (Lipinski definition) is 1. The van der Waals surface area contributed by atoms with Gasteiger partial charge in [0.1, 0.15) is 5.82 Å². The summed E-state index contributed by atoms with van der Waals surface area (Å²) in [6.07, 6.45) is 1.16. The minimum absolute atomic E-state index is 0.0529. The molecule has 0 amide bonds. The van der Waals surface area contributed by atoms with Gasteiger partial charge in [0.05, 0.1) is 0 Å². The summed E-state index contributed by atoms with van der Waals surface area (Å²) in [5.74, 6) is -0.118.